The molecule has 2 aliphatic carbocycles. The van der Waals surface area contributed by atoms with E-state index < -0.39 is 0 Å². The lowest BCUT2D eigenvalue weighted by molar-refractivity contribution is 0.120. The van der Waals surface area contributed by atoms with E-state index in [4.69, 9.17) is 9.47 Å². The van der Waals surface area contributed by atoms with Crippen LogP contribution in [0.2, 0.25) is 0 Å². The normalized spacial score (nSPS) is 18.2. The van der Waals surface area contributed by atoms with Gasteiger partial charge in [0.15, 0.2) is 0 Å². The number of benzene rings is 2. The van der Waals surface area contributed by atoms with Crippen molar-refractivity contribution >= 4 is 11.4 Å². The third-order valence-electron chi connectivity index (χ3n) is 6.11. The zero-order valence-electron chi connectivity index (χ0n) is 17.4. The average molecular weight is 395 g/mol. The topological polar surface area (TPSA) is 42.5 Å². The maximum Gasteiger partial charge on any atom is 0.230 e. The highest BCUT2D eigenvalue weighted by Gasteiger charge is 2.13. The summed E-state index contributed by atoms with van der Waals surface area (Å²) in [5.41, 5.74) is 2.34. The first-order valence-corrected chi connectivity index (χ1v) is 11.3. The van der Waals surface area contributed by atoms with Crippen LogP contribution in [-0.4, -0.2) is 18.9 Å². The molecule has 0 atom stereocenters. The maximum atomic E-state index is 5.74. The Hall–Kier alpha value is -2.36. The Balaban J connectivity index is 1.18. The summed E-state index contributed by atoms with van der Waals surface area (Å²) >= 11 is 0. The monoisotopic (exact) mass is 394 g/mol. The Bertz CT molecular complexity index is 654. The van der Waals surface area contributed by atoms with Gasteiger partial charge in [-0.2, -0.15) is 0 Å². The highest BCUT2D eigenvalue weighted by atomic mass is 16.7. The average Bonchev–Trinajstić information content (AvgIpc) is 2.78. The minimum atomic E-state index is 0.213. The van der Waals surface area contributed by atoms with Gasteiger partial charge in [0.25, 0.3) is 0 Å². The Labute approximate surface area is 175 Å². The van der Waals surface area contributed by atoms with Crippen LogP contribution in [0.3, 0.4) is 0 Å². The Morgan fingerprint density at radius 2 is 0.931 bits per heavy atom. The first-order chi connectivity index (χ1) is 14.3. The van der Waals surface area contributed by atoms with Crippen molar-refractivity contribution in [2.24, 2.45) is 0 Å². The summed E-state index contributed by atoms with van der Waals surface area (Å²) < 4.78 is 11.5. The van der Waals surface area contributed by atoms with Crippen LogP contribution < -0.4 is 20.1 Å². The van der Waals surface area contributed by atoms with Crippen LogP contribution in [0, 0.1) is 0 Å². The third-order valence-corrected chi connectivity index (χ3v) is 6.11. The zero-order chi connectivity index (χ0) is 19.7. The molecule has 0 saturated heterocycles. The van der Waals surface area contributed by atoms with Crippen LogP contribution >= 0.6 is 0 Å². The number of ether oxygens (including phenoxy) is 2. The van der Waals surface area contributed by atoms with Crippen molar-refractivity contribution in [3.05, 3.63) is 48.5 Å². The second-order valence-electron chi connectivity index (χ2n) is 8.41. The van der Waals surface area contributed by atoms with Crippen LogP contribution in [0.25, 0.3) is 0 Å². The van der Waals surface area contributed by atoms with E-state index in [-0.39, 0.29) is 6.79 Å². The molecule has 4 heteroatoms. The second kappa shape index (κ2) is 10.4. The molecule has 2 N–H and O–H groups in total. The van der Waals surface area contributed by atoms with Crippen LogP contribution in [0.5, 0.6) is 11.5 Å². The van der Waals surface area contributed by atoms with Gasteiger partial charge in [-0.05, 0) is 74.2 Å². The van der Waals surface area contributed by atoms with Gasteiger partial charge in [0.2, 0.25) is 6.79 Å². The fourth-order valence-corrected chi connectivity index (χ4v) is 4.43. The molecule has 4 rings (SSSR count). The molecule has 156 valence electrons. The summed E-state index contributed by atoms with van der Waals surface area (Å²) in [6.45, 7) is 0.213. The molecule has 2 aliphatic rings. The van der Waals surface area contributed by atoms with Gasteiger partial charge in [-0.15, -0.1) is 0 Å². The number of hydrogen-bond acceptors (Lipinski definition) is 4. The van der Waals surface area contributed by atoms with Crippen molar-refractivity contribution in [1.82, 2.24) is 0 Å². The van der Waals surface area contributed by atoms with E-state index in [9.17, 15) is 0 Å². The Morgan fingerprint density at radius 1 is 0.552 bits per heavy atom. The molecule has 2 aromatic rings. The van der Waals surface area contributed by atoms with E-state index in [0.717, 1.165) is 11.5 Å². The van der Waals surface area contributed by atoms with Crippen LogP contribution in [0.4, 0.5) is 11.4 Å². The lowest BCUT2D eigenvalue weighted by atomic mass is 9.95. The number of nitrogens with one attached hydrogen (secondary N) is 2. The summed E-state index contributed by atoms with van der Waals surface area (Å²) in [7, 11) is 0. The van der Waals surface area contributed by atoms with Crippen molar-refractivity contribution in [1.29, 1.82) is 0 Å². The molecular weight excluding hydrogens is 360 g/mol. The lowest BCUT2D eigenvalue weighted by Gasteiger charge is -2.24. The summed E-state index contributed by atoms with van der Waals surface area (Å²) in [6, 6.07) is 17.6. The first kappa shape index (κ1) is 19.9. The largest absolute Gasteiger partial charge is 0.458 e. The van der Waals surface area contributed by atoms with Gasteiger partial charge in [0, 0.05) is 23.5 Å². The Morgan fingerprint density at radius 3 is 1.31 bits per heavy atom. The highest BCUT2D eigenvalue weighted by Crippen LogP contribution is 2.24. The summed E-state index contributed by atoms with van der Waals surface area (Å²) in [6.07, 6.45) is 13.2. The minimum absolute atomic E-state index is 0.213. The van der Waals surface area contributed by atoms with Crippen molar-refractivity contribution in [2.45, 2.75) is 76.3 Å². The Kier molecular flexibility index (Phi) is 7.17. The van der Waals surface area contributed by atoms with Crippen LogP contribution in [-0.2, 0) is 0 Å². The van der Waals surface area contributed by atoms with Gasteiger partial charge in [0.1, 0.15) is 11.5 Å². The van der Waals surface area contributed by atoms with E-state index in [0.29, 0.717) is 12.1 Å². The zero-order valence-corrected chi connectivity index (χ0v) is 17.4. The predicted molar refractivity (Wildman–Crippen MR) is 120 cm³/mol. The molecule has 0 amide bonds. The van der Waals surface area contributed by atoms with E-state index in [1.165, 1.54) is 75.6 Å². The van der Waals surface area contributed by atoms with Crippen LogP contribution in [0.15, 0.2) is 48.5 Å². The van der Waals surface area contributed by atoms with E-state index in [1.807, 2.05) is 24.3 Å². The number of hydrogen-bond donors (Lipinski definition) is 2. The van der Waals surface area contributed by atoms with Crippen LogP contribution in [0.1, 0.15) is 64.2 Å². The summed E-state index contributed by atoms with van der Waals surface area (Å²) in [4.78, 5) is 0. The molecule has 0 bridgehead atoms. The highest BCUT2D eigenvalue weighted by molar-refractivity contribution is 5.48. The van der Waals surface area contributed by atoms with Gasteiger partial charge in [-0.3, -0.25) is 0 Å². The van der Waals surface area contributed by atoms with Crippen molar-refractivity contribution in [3.8, 4) is 11.5 Å². The molecular formula is C25H34N2O2. The lowest BCUT2D eigenvalue weighted by Crippen LogP contribution is -2.22. The SMILES string of the molecule is c1cc(OCOc2ccc(NC3CCCCC3)cc2)ccc1NC1CCCCC1. The summed E-state index contributed by atoms with van der Waals surface area (Å²) in [5, 5.41) is 7.26. The minimum Gasteiger partial charge on any atom is -0.458 e. The van der Waals surface area contributed by atoms with Crippen molar-refractivity contribution in [2.75, 3.05) is 17.4 Å². The molecule has 4 nitrogen and oxygen atoms in total. The van der Waals surface area contributed by atoms with Gasteiger partial charge < -0.3 is 20.1 Å². The fraction of sp³-hybridized carbons (Fsp3) is 0.520. The molecule has 0 aliphatic heterocycles. The van der Waals surface area contributed by atoms with Crippen molar-refractivity contribution < 1.29 is 9.47 Å². The third kappa shape index (κ3) is 6.31. The molecule has 2 fully saturated rings. The van der Waals surface area contributed by atoms with Crippen molar-refractivity contribution in [3.63, 3.8) is 0 Å². The standard InChI is InChI=1S/C25H34N2O2/c1-3-7-20(8-4-1)26-22-11-15-24(16-12-22)28-19-29-25-17-13-23(14-18-25)27-21-9-5-2-6-10-21/h11-18,20-21,26-27H,1-10,19H2. The molecule has 0 aromatic heterocycles. The van der Waals surface area contributed by atoms with E-state index >= 15 is 0 Å². The van der Waals surface area contributed by atoms with Gasteiger partial charge in [-0.1, -0.05) is 38.5 Å². The molecule has 2 saturated carbocycles. The molecule has 0 unspecified atom stereocenters. The number of anilines is 2. The predicted octanol–water partition coefficient (Wildman–Crippen LogP) is 6.59. The van der Waals surface area contributed by atoms with Gasteiger partial charge in [-0.25, -0.2) is 0 Å². The molecule has 2 aromatic carbocycles. The molecule has 29 heavy (non-hydrogen) atoms. The smallest absolute Gasteiger partial charge is 0.230 e. The number of rotatable bonds is 8. The van der Waals surface area contributed by atoms with E-state index in [1.54, 1.807) is 0 Å². The van der Waals surface area contributed by atoms with Gasteiger partial charge >= 0.3 is 0 Å². The fourth-order valence-electron chi connectivity index (χ4n) is 4.43. The first-order valence-electron chi connectivity index (χ1n) is 11.3. The van der Waals surface area contributed by atoms with E-state index in [2.05, 4.69) is 34.9 Å². The molecule has 0 spiro atoms. The van der Waals surface area contributed by atoms with Gasteiger partial charge in [0.05, 0.1) is 0 Å². The second-order valence-corrected chi connectivity index (χ2v) is 8.41. The maximum absolute atomic E-state index is 5.74. The molecule has 0 heterocycles. The quantitative estimate of drug-likeness (QED) is 0.496. The summed E-state index contributed by atoms with van der Waals surface area (Å²) in [5.74, 6) is 1.66. The molecule has 0 radical (unpaired) electrons.